The van der Waals surface area contributed by atoms with Gasteiger partial charge in [0.2, 0.25) is 0 Å². The maximum Gasteiger partial charge on any atom is 0.319 e. The van der Waals surface area contributed by atoms with E-state index in [2.05, 4.69) is 5.32 Å². The van der Waals surface area contributed by atoms with Crippen molar-refractivity contribution in [3.05, 3.63) is 22.2 Å². The largest absolute Gasteiger partial charge is 0.481 e. The minimum absolute atomic E-state index is 0.00968. The van der Waals surface area contributed by atoms with Gasteiger partial charge in [-0.3, -0.25) is 14.9 Å². The van der Waals surface area contributed by atoms with E-state index in [9.17, 15) is 14.9 Å². The van der Waals surface area contributed by atoms with Crippen molar-refractivity contribution in [2.75, 3.05) is 17.7 Å². The summed E-state index contributed by atoms with van der Waals surface area (Å²) in [5.41, 5.74) is 5.12. The van der Waals surface area contributed by atoms with Crippen LogP contribution < -0.4 is 15.8 Å². The van der Waals surface area contributed by atoms with Crippen molar-refractivity contribution < 1.29 is 14.5 Å². The molecule has 1 heterocycles. The Labute approximate surface area is 84.0 Å². The molecule has 78 valence electrons. The Bertz CT molecular complexity index is 457. The van der Waals surface area contributed by atoms with E-state index in [1.165, 1.54) is 12.1 Å². The minimum atomic E-state index is -0.650. The number of anilines is 2. The third kappa shape index (κ3) is 1.43. The van der Waals surface area contributed by atoms with Gasteiger partial charge in [0.1, 0.15) is 5.69 Å². The predicted molar refractivity (Wildman–Crippen MR) is 51.6 cm³/mol. The number of rotatable bonds is 1. The van der Waals surface area contributed by atoms with Crippen LogP contribution in [0.25, 0.3) is 0 Å². The van der Waals surface area contributed by atoms with Crippen LogP contribution in [0.5, 0.6) is 5.75 Å². The van der Waals surface area contributed by atoms with Crippen molar-refractivity contribution in [2.45, 2.75) is 0 Å². The highest BCUT2D eigenvalue weighted by Crippen LogP contribution is 2.40. The summed E-state index contributed by atoms with van der Waals surface area (Å²) in [6.45, 7) is -0.145. The molecule has 1 aromatic rings. The van der Waals surface area contributed by atoms with Gasteiger partial charge in [0.05, 0.1) is 4.92 Å². The Balaban J connectivity index is 2.62. The van der Waals surface area contributed by atoms with Gasteiger partial charge in [-0.15, -0.1) is 0 Å². The predicted octanol–water partition coefficient (Wildman–Crippen LogP) is 0.508. The van der Waals surface area contributed by atoms with E-state index < -0.39 is 10.8 Å². The highest BCUT2D eigenvalue weighted by atomic mass is 16.6. The first-order valence-electron chi connectivity index (χ1n) is 4.09. The first kappa shape index (κ1) is 9.25. The molecule has 0 saturated carbocycles. The topological polar surface area (TPSA) is 107 Å². The monoisotopic (exact) mass is 209 g/mol. The van der Waals surface area contributed by atoms with Gasteiger partial charge in [-0.05, 0) is 12.1 Å². The average Bonchev–Trinajstić information content (AvgIpc) is 2.16. The summed E-state index contributed by atoms with van der Waals surface area (Å²) in [4.78, 5) is 21.1. The fourth-order valence-corrected chi connectivity index (χ4v) is 1.35. The molecule has 7 nitrogen and oxygen atoms in total. The van der Waals surface area contributed by atoms with Crippen LogP contribution in [0.1, 0.15) is 0 Å². The lowest BCUT2D eigenvalue weighted by atomic mass is 10.2. The number of fused-ring (bicyclic) bond motifs is 1. The van der Waals surface area contributed by atoms with E-state index in [4.69, 9.17) is 10.5 Å². The Morgan fingerprint density at radius 3 is 2.93 bits per heavy atom. The van der Waals surface area contributed by atoms with Gasteiger partial charge in [-0.2, -0.15) is 0 Å². The summed E-state index contributed by atoms with van der Waals surface area (Å²) in [7, 11) is 0. The number of hydrogen-bond donors (Lipinski definition) is 2. The quantitative estimate of drug-likeness (QED) is 0.398. The Kier molecular flexibility index (Phi) is 1.93. The zero-order valence-corrected chi connectivity index (χ0v) is 7.52. The number of nitrogen functional groups attached to an aromatic ring is 1. The third-order valence-corrected chi connectivity index (χ3v) is 1.98. The van der Waals surface area contributed by atoms with Crippen LogP contribution in [-0.2, 0) is 4.79 Å². The number of amides is 1. The lowest BCUT2D eigenvalue weighted by Gasteiger charge is -2.17. The van der Waals surface area contributed by atoms with Crippen LogP contribution in [0.15, 0.2) is 12.1 Å². The summed E-state index contributed by atoms with van der Waals surface area (Å²) in [5, 5.41) is 13.1. The van der Waals surface area contributed by atoms with Gasteiger partial charge in [-0.25, -0.2) is 0 Å². The molecule has 15 heavy (non-hydrogen) atoms. The minimum Gasteiger partial charge on any atom is -0.481 e. The number of nitrogens with one attached hydrogen (secondary N) is 1. The first-order valence-corrected chi connectivity index (χ1v) is 4.09. The molecule has 0 aromatic heterocycles. The van der Waals surface area contributed by atoms with E-state index in [1.807, 2.05) is 0 Å². The van der Waals surface area contributed by atoms with Crippen LogP contribution in [0.4, 0.5) is 17.1 Å². The number of nitrogens with zero attached hydrogens (tertiary/aromatic N) is 1. The average molecular weight is 209 g/mol. The summed E-state index contributed by atoms with van der Waals surface area (Å²) in [6, 6.07) is 2.85. The van der Waals surface area contributed by atoms with E-state index in [1.54, 1.807) is 0 Å². The second-order valence-electron chi connectivity index (χ2n) is 2.97. The van der Waals surface area contributed by atoms with E-state index in [0.717, 1.165) is 0 Å². The summed E-state index contributed by atoms with van der Waals surface area (Å²) < 4.78 is 5.01. The number of nitro groups is 1. The number of hydrogen-bond acceptors (Lipinski definition) is 5. The molecule has 7 heteroatoms. The van der Waals surface area contributed by atoms with Gasteiger partial charge < -0.3 is 15.8 Å². The molecule has 1 amide bonds. The molecule has 0 radical (unpaired) electrons. The molecule has 1 aliphatic rings. The first-order chi connectivity index (χ1) is 7.09. The normalized spacial score (nSPS) is 13.7. The second-order valence-corrected chi connectivity index (χ2v) is 2.97. The van der Waals surface area contributed by atoms with Crippen molar-refractivity contribution in [2.24, 2.45) is 0 Å². The number of carbonyl (C=O) groups excluding carboxylic acids is 1. The van der Waals surface area contributed by atoms with Gasteiger partial charge in [-0.1, -0.05) is 0 Å². The molecular weight excluding hydrogens is 202 g/mol. The molecule has 0 bridgehead atoms. The highest BCUT2D eigenvalue weighted by Gasteiger charge is 2.27. The number of nitro benzene ring substituents is 1. The van der Waals surface area contributed by atoms with Crippen molar-refractivity contribution in [3.8, 4) is 5.75 Å². The zero-order chi connectivity index (χ0) is 11.0. The van der Waals surface area contributed by atoms with Gasteiger partial charge in [0, 0.05) is 0 Å². The Morgan fingerprint density at radius 1 is 1.53 bits per heavy atom. The SMILES string of the molecule is Nc1ccc2c(c1[N+](=O)[O-])NC(=O)CO2. The molecule has 3 N–H and O–H groups in total. The lowest BCUT2D eigenvalue weighted by molar-refractivity contribution is -0.383. The summed E-state index contributed by atoms with van der Waals surface area (Å²) >= 11 is 0. The molecule has 1 aliphatic heterocycles. The van der Waals surface area contributed by atoms with Gasteiger partial charge in [0.25, 0.3) is 5.91 Å². The van der Waals surface area contributed by atoms with Crippen LogP contribution in [-0.4, -0.2) is 17.4 Å². The smallest absolute Gasteiger partial charge is 0.319 e. The molecular formula is C8H7N3O4. The standard InChI is InChI=1S/C8H7N3O4/c9-4-1-2-5-7(8(4)11(13)14)10-6(12)3-15-5/h1-2H,3,9H2,(H,10,12). The molecule has 2 rings (SSSR count). The maximum absolute atomic E-state index is 11.0. The summed E-state index contributed by atoms with van der Waals surface area (Å²) in [5.74, 6) is -0.174. The molecule has 0 fully saturated rings. The maximum atomic E-state index is 11.0. The van der Waals surface area contributed by atoms with Crippen LogP contribution in [0.2, 0.25) is 0 Å². The van der Waals surface area contributed by atoms with Crippen LogP contribution >= 0.6 is 0 Å². The molecule has 0 atom stereocenters. The van der Waals surface area contributed by atoms with Crippen molar-refractivity contribution >= 4 is 23.0 Å². The fraction of sp³-hybridized carbons (Fsp3) is 0.125. The Morgan fingerprint density at radius 2 is 2.27 bits per heavy atom. The second kappa shape index (κ2) is 3.12. The number of nitrogens with two attached hydrogens (primary N) is 1. The van der Waals surface area contributed by atoms with Crippen molar-refractivity contribution in [1.29, 1.82) is 0 Å². The van der Waals surface area contributed by atoms with E-state index in [0.29, 0.717) is 0 Å². The zero-order valence-electron chi connectivity index (χ0n) is 7.52. The third-order valence-electron chi connectivity index (χ3n) is 1.98. The van der Waals surface area contributed by atoms with E-state index in [-0.39, 0.29) is 29.4 Å². The molecule has 0 unspecified atom stereocenters. The molecule has 1 aromatic carbocycles. The lowest BCUT2D eigenvalue weighted by Crippen LogP contribution is -2.26. The number of carbonyl (C=O) groups is 1. The van der Waals surface area contributed by atoms with Crippen molar-refractivity contribution in [3.63, 3.8) is 0 Å². The number of benzene rings is 1. The van der Waals surface area contributed by atoms with Gasteiger partial charge >= 0.3 is 5.69 Å². The van der Waals surface area contributed by atoms with Crippen LogP contribution in [0, 0.1) is 10.1 Å². The van der Waals surface area contributed by atoms with Gasteiger partial charge in [0.15, 0.2) is 18.0 Å². The van der Waals surface area contributed by atoms with E-state index >= 15 is 0 Å². The molecule has 0 saturated heterocycles. The molecule has 0 aliphatic carbocycles. The fourth-order valence-electron chi connectivity index (χ4n) is 1.35. The Hall–Kier alpha value is -2.31. The number of ether oxygens (including phenoxy) is 1. The summed E-state index contributed by atoms with van der Waals surface area (Å²) in [6.07, 6.45) is 0. The van der Waals surface area contributed by atoms with Crippen molar-refractivity contribution in [1.82, 2.24) is 0 Å². The highest BCUT2D eigenvalue weighted by molar-refractivity contribution is 5.99. The molecule has 0 spiro atoms. The van der Waals surface area contributed by atoms with Crippen LogP contribution in [0.3, 0.4) is 0 Å².